The van der Waals surface area contributed by atoms with Crippen LogP contribution in [-0.4, -0.2) is 17.9 Å². The first-order chi connectivity index (χ1) is 10.7. The van der Waals surface area contributed by atoms with Gasteiger partial charge >= 0.3 is 0 Å². The van der Waals surface area contributed by atoms with Crippen molar-refractivity contribution in [3.63, 3.8) is 0 Å². The number of hydrogen-bond donors (Lipinski definition) is 2. The van der Waals surface area contributed by atoms with Crippen LogP contribution in [0.5, 0.6) is 0 Å². The molecular formula is C18H18N2O2. The third-order valence-corrected chi connectivity index (χ3v) is 3.62. The van der Waals surface area contributed by atoms with E-state index >= 15 is 0 Å². The third-order valence-electron chi connectivity index (χ3n) is 3.62. The minimum absolute atomic E-state index is 0.0706. The summed E-state index contributed by atoms with van der Waals surface area (Å²) in [6.45, 7) is 0.490. The number of nitrogens with one attached hydrogen (secondary N) is 2. The summed E-state index contributed by atoms with van der Waals surface area (Å²) in [5.74, 6) is -0.211. The number of hydrogen-bond acceptors (Lipinski definition) is 2. The van der Waals surface area contributed by atoms with E-state index in [9.17, 15) is 9.59 Å². The SMILES string of the molecule is O=C(NCc1ccccc1)c1ccc(C(=O)NC2CC2)cc1. The second-order valence-electron chi connectivity index (χ2n) is 5.49. The molecule has 0 heterocycles. The Balaban J connectivity index is 1.57. The van der Waals surface area contributed by atoms with Gasteiger partial charge in [0, 0.05) is 23.7 Å². The minimum Gasteiger partial charge on any atom is -0.349 e. The lowest BCUT2D eigenvalue weighted by Gasteiger charge is -2.07. The zero-order valence-electron chi connectivity index (χ0n) is 12.2. The van der Waals surface area contributed by atoms with E-state index in [-0.39, 0.29) is 11.8 Å². The van der Waals surface area contributed by atoms with Crippen LogP contribution in [0.1, 0.15) is 39.1 Å². The fourth-order valence-electron chi connectivity index (χ4n) is 2.15. The van der Waals surface area contributed by atoms with E-state index in [4.69, 9.17) is 0 Å². The van der Waals surface area contributed by atoms with Crippen LogP contribution < -0.4 is 10.6 Å². The van der Waals surface area contributed by atoms with E-state index < -0.39 is 0 Å². The summed E-state index contributed by atoms with van der Waals surface area (Å²) < 4.78 is 0. The summed E-state index contributed by atoms with van der Waals surface area (Å²) in [6, 6.07) is 16.8. The van der Waals surface area contributed by atoms with Crippen molar-refractivity contribution in [3.05, 3.63) is 71.3 Å². The quantitative estimate of drug-likeness (QED) is 0.890. The molecule has 1 saturated carbocycles. The Hall–Kier alpha value is -2.62. The van der Waals surface area contributed by atoms with Gasteiger partial charge in [-0.25, -0.2) is 0 Å². The number of carbonyl (C=O) groups excluding carboxylic acids is 2. The molecule has 4 nitrogen and oxygen atoms in total. The molecule has 2 amide bonds. The Bertz CT molecular complexity index is 661. The molecule has 1 aliphatic carbocycles. The standard InChI is InChI=1S/C18H18N2O2/c21-17(19-12-13-4-2-1-3-5-13)14-6-8-15(9-7-14)18(22)20-16-10-11-16/h1-9,16H,10-12H2,(H,19,21)(H,20,22). The lowest BCUT2D eigenvalue weighted by atomic mass is 10.1. The smallest absolute Gasteiger partial charge is 0.251 e. The molecule has 112 valence electrons. The van der Waals surface area contributed by atoms with Crippen LogP contribution in [-0.2, 0) is 6.54 Å². The maximum atomic E-state index is 12.1. The highest BCUT2D eigenvalue weighted by molar-refractivity contribution is 5.97. The Morgan fingerprint density at radius 1 is 0.864 bits per heavy atom. The van der Waals surface area contributed by atoms with Crippen molar-refractivity contribution in [2.24, 2.45) is 0 Å². The number of rotatable bonds is 5. The summed E-state index contributed by atoms with van der Waals surface area (Å²) in [5.41, 5.74) is 2.20. The van der Waals surface area contributed by atoms with Gasteiger partial charge in [-0.05, 0) is 42.7 Å². The Morgan fingerprint density at radius 3 is 2.05 bits per heavy atom. The lowest BCUT2D eigenvalue weighted by molar-refractivity contribution is 0.0939. The molecule has 1 aliphatic rings. The fraction of sp³-hybridized carbons (Fsp3) is 0.222. The predicted molar refractivity (Wildman–Crippen MR) is 84.5 cm³/mol. The van der Waals surface area contributed by atoms with Crippen molar-refractivity contribution in [2.75, 3.05) is 0 Å². The van der Waals surface area contributed by atoms with Gasteiger partial charge in [0.25, 0.3) is 11.8 Å². The highest BCUT2D eigenvalue weighted by Crippen LogP contribution is 2.19. The van der Waals surface area contributed by atoms with Gasteiger partial charge in [0.1, 0.15) is 0 Å². The topological polar surface area (TPSA) is 58.2 Å². The molecule has 2 aromatic carbocycles. The van der Waals surface area contributed by atoms with Crippen LogP contribution >= 0.6 is 0 Å². The van der Waals surface area contributed by atoms with E-state index in [1.54, 1.807) is 24.3 Å². The molecule has 0 aromatic heterocycles. The van der Waals surface area contributed by atoms with Crippen molar-refractivity contribution >= 4 is 11.8 Å². The molecule has 3 rings (SSSR count). The average Bonchev–Trinajstić information content (AvgIpc) is 3.37. The normalized spacial score (nSPS) is 13.5. The van der Waals surface area contributed by atoms with E-state index in [2.05, 4.69) is 10.6 Å². The van der Waals surface area contributed by atoms with Gasteiger partial charge in [-0.2, -0.15) is 0 Å². The van der Waals surface area contributed by atoms with E-state index in [0.717, 1.165) is 18.4 Å². The van der Waals surface area contributed by atoms with Gasteiger partial charge in [-0.3, -0.25) is 9.59 Å². The minimum atomic E-state index is -0.141. The molecule has 2 aromatic rings. The molecule has 0 spiro atoms. The van der Waals surface area contributed by atoms with Crippen LogP contribution in [0.2, 0.25) is 0 Å². The molecule has 0 saturated heterocycles. The molecule has 4 heteroatoms. The third kappa shape index (κ3) is 3.73. The van der Waals surface area contributed by atoms with Gasteiger partial charge < -0.3 is 10.6 Å². The number of amides is 2. The van der Waals surface area contributed by atoms with E-state index in [1.807, 2.05) is 30.3 Å². The highest BCUT2D eigenvalue weighted by atomic mass is 16.2. The van der Waals surface area contributed by atoms with Crippen molar-refractivity contribution in [1.29, 1.82) is 0 Å². The number of carbonyl (C=O) groups is 2. The monoisotopic (exact) mass is 294 g/mol. The van der Waals surface area contributed by atoms with Crippen LogP contribution in [0.3, 0.4) is 0 Å². The average molecular weight is 294 g/mol. The summed E-state index contributed by atoms with van der Waals surface area (Å²) in [4.78, 5) is 24.0. The maximum Gasteiger partial charge on any atom is 0.251 e. The van der Waals surface area contributed by atoms with Gasteiger partial charge in [0.15, 0.2) is 0 Å². The van der Waals surface area contributed by atoms with Crippen LogP contribution in [0.25, 0.3) is 0 Å². The van der Waals surface area contributed by atoms with Gasteiger partial charge in [0.2, 0.25) is 0 Å². The Labute approximate surface area is 129 Å². The summed E-state index contributed by atoms with van der Waals surface area (Å²) in [7, 11) is 0. The Morgan fingerprint density at radius 2 is 1.45 bits per heavy atom. The molecule has 22 heavy (non-hydrogen) atoms. The van der Waals surface area contributed by atoms with Crippen LogP contribution in [0.4, 0.5) is 0 Å². The van der Waals surface area contributed by atoms with E-state index in [1.165, 1.54) is 0 Å². The largest absolute Gasteiger partial charge is 0.349 e. The zero-order valence-corrected chi connectivity index (χ0v) is 12.2. The van der Waals surface area contributed by atoms with Crippen molar-refractivity contribution < 1.29 is 9.59 Å². The van der Waals surface area contributed by atoms with Gasteiger partial charge in [-0.1, -0.05) is 30.3 Å². The summed E-state index contributed by atoms with van der Waals surface area (Å²) in [5, 5.41) is 5.79. The number of benzene rings is 2. The molecule has 0 aliphatic heterocycles. The summed E-state index contributed by atoms with van der Waals surface area (Å²) in [6.07, 6.45) is 2.12. The van der Waals surface area contributed by atoms with Crippen LogP contribution in [0.15, 0.2) is 54.6 Å². The molecular weight excluding hydrogens is 276 g/mol. The van der Waals surface area contributed by atoms with Crippen molar-refractivity contribution in [2.45, 2.75) is 25.4 Å². The second kappa shape index (κ2) is 6.43. The first-order valence-corrected chi connectivity index (χ1v) is 7.45. The molecule has 1 fully saturated rings. The molecule has 0 radical (unpaired) electrons. The molecule has 0 bridgehead atoms. The first-order valence-electron chi connectivity index (χ1n) is 7.45. The molecule has 2 N–H and O–H groups in total. The summed E-state index contributed by atoms with van der Waals surface area (Å²) >= 11 is 0. The predicted octanol–water partition coefficient (Wildman–Crippen LogP) is 2.51. The van der Waals surface area contributed by atoms with E-state index in [0.29, 0.717) is 23.7 Å². The molecule has 0 unspecified atom stereocenters. The molecule has 0 atom stereocenters. The van der Waals surface area contributed by atoms with Gasteiger partial charge in [0.05, 0.1) is 0 Å². The Kier molecular flexibility index (Phi) is 4.19. The first kappa shape index (κ1) is 14.3. The highest BCUT2D eigenvalue weighted by Gasteiger charge is 2.23. The maximum absolute atomic E-state index is 12.1. The fourth-order valence-corrected chi connectivity index (χ4v) is 2.15. The van der Waals surface area contributed by atoms with Gasteiger partial charge in [-0.15, -0.1) is 0 Å². The van der Waals surface area contributed by atoms with Crippen molar-refractivity contribution in [1.82, 2.24) is 10.6 Å². The lowest BCUT2D eigenvalue weighted by Crippen LogP contribution is -2.26. The second-order valence-corrected chi connectivity index (χ2v) is 5.49. The van der Waals surface area contributed by atoms with Crippen LogP contribution in [0, 0.1) is 0 Å². The zero-order chi connectivity index (χ0) is 15.4. The van der Waals surface area contributed by atoms with Crippen molar-refractivity contribution in [3.8, 4) is 0 Å².